The molecule has 1 aromatic heterocycles. The smallest absolute Gasteiger partial charge is 0.305 e. The second-order valence-electron chi connectivity index (χ2n) is 26.0. The van der Waals surface area contributed by atoms with Gasteiger partial charge in [-0.15, -0.1) is 11.8 Å². The highest BCUT2D eigenvalue weighted by atomic mass is 32.2. The number of aromatic amines is 1. The molecule has 0 saturated carbocycles. The van der Waals surface area contributed by atoms with Gasteiger partial charge in [0.1, 0.15) is 66.5 Å². The molecule has 100 heavy (non-hydrogen) atoms. The Kier molecular flexibility index (Phi) is 35.1. The molecule has 12 amide bonds. The van der Waals surface area contributed by atoms with Crippen molar-refractivity contribution >= 4 is 99.6 Å². The lowest BCUT2D eigenvalue weighted by atomic mass is 9.96. The van der Waals surface area contributed by atoms with Crippen LogP contribution in [0.3, 0.4) is 0 Å². The maximum Gasteiger partial charge on any atom is 0.305 e. The Morgan fingerprint density at radius 1 is 0.660 bits per heavy atom. The lowest BCUT2D eigenvalue weighted by molar-refractivity contribution is -0.142. The fourth-order valence-electron chi connectivity index (χ4n) is 10.9. The molecule has 2 aliphatic heterocycles. The standard InChI is InChI=1S/C66H103N17O16S/c1-9-35(6)52(69)66-81-48(32-100-66)63(97)76-43(26-34(4)5)59(93)74-42(22-23-50(85)86)58(92)83-53(36(7)10-2)64(98)75-40-20-15-16-25-71-55(89)46(29-49(68)84)78-62(96)47(30-51(87)88)79-61(95)45(28-39-31-70-33-72-39)77-60(94)44(27-38-18-13-12-14-19-38)80-65(99)54(37(8)11-3)82-57(91)41(21-17-24-67)73-56(40)90/h12-14,18-19,31,33-37,40-48,52-54H,9-11,15-17,20-30,32,67,69H2,1-8H3,(H2,68,84)(H,70,72)(H,71,89)(H,73,90)(H,74,93)(H,75,98)(H,76,97)(H,77,94)(H,78,96)(H,79,95)(H,80,99)(H,82,91)(H,83,92)(H,85,86)(H,87,88)/t35-,36-,37-,40+,41+,42+,43-,44+,45-,46-,47+,48-,52-,53-,54-/m0/s1. The summed E-state index contributed by atoms with van der Waals surface area (Å²) in [5.41, 5.74) is 18.7. The van der Waals surface area contributed by atoms with E-state index in [0.717, 1.165) is 6.42 Å². The Hall–Kier alpha value is -9.05. The Labute approximate surface area is 586 Å². The van der Waals surface area contributed by atoms with Crippen LogP contribution in [0.25, 0.3) is 0 Å². The minimum atomic E-state index is -1.94. The van der Waals surface area contributed by atoms with Crippen LogP contribution in [0.4, 0.5) is 0 Å². The molecule has 1 saturated heterocycles. The highest BCUT2D eigenvalue weighted by Crippen LogP contribution is 2.25. The molecule has 1 fully saturated rings. The van der Waals surface area contributed by atoms with E-state index in [1.54, 1.807) is 58.0 Å². The molecule has 2 aromatic rings. The van der Waals surface area contributed by atoms with E-state index in [9.17, 15) is 77.3 Å². The average molecular weight is 1420 g/mol. The van der Waals surface area contributed by atoms with Gasteiger partial charge in [-0.2, -0.15) is 0 Å². The predicted octanol–water partition coefficient (Wildman–Crippen LogP) is -1.68. The zero-order valence-corrected chi connectivity index (χ0v) is 59.0. The summed E-state index contributed by atoms with van der Waals surface area (Å²) < 4.78 is 0. The van der Waals surface area contributed by atoms with Gasteiger partial charge in [0.05, 0.1) is 30.3 Å². The van der Waals surface area contributed by atoms with Gasteiger partial charge in [0.25, 0.3) is 0 Å². The zero-order chi connectivity index (χ0) is 74.3. The fraction of sp³-hybridized carbons (Fsp3) is 0.636. The number of carboxylic acids is 2. The van der Waals surface area contributed by atoms with Gasteiger partial charge < -0.3 is 90.9 Å². The summed E-state index contributed by atoms with van der Waals surface area (Å²) in [4.78, 5) is 207. The van der Waals surface area contributed by atoms with Crippen molar-refractivity contribution < 1.29 is 77.3 Å². The van der Waals surface area contributed by atoms with Crippen LogP contribution in [-0.4, -0.2) is 199 Å². The second kappa shape index (κ2) is 42.1. The van der Waals surface area contributed by atoms with Gasteiger partial charge in [0.2, 0.25) is 70.9 Å². The number of carboxylic acid groups (broad SMARTS) is 2. The lowest BCUT2D eigenvalue weighted by Crippen LogP contribution is -2.62. The molecule has 2 aliphatic rings. The van der Waals surface area contributed by atoms with E-state index in [0.29, 0.717) is 16.3 Å². The Bertz CT molecular complexity index is 3160. The number of imidazole rings is 1. The number of H-pyrrole nitrogens is 1. The van der Waals surface area contributed by atoms with Gasteiger partial charge in [0, 0.05) is 43.5 Å². The van der Waals surface area contributed by atoms with Crippen molar-refractivity contribution in [3.8, 4) is 0 Å². The SMILES string of the molecule is CC[C@H](C)[C@H](N)C1=N[C@H](C(=O)N[C@@H](CC(C)C)C(=O)N[C@H](CCC(=O)O)C(=O)N[C@H](C(=O)N[C@@H]2CCCCNC(=O)[C@H](CC(N)=O)NC(=O)[C@@H](CC(=O)O)NC(=O)[C@H](Cc3cnc[nH]3)NC(=O)[C@@H](Cc3ccccc3)NC(=O)[C@H]([C@@H](C)CC)NC(=O)[C@@H](CCCN)NC2=O)[C@@H](C)CC)CS1. The van der Waals surface area contributed by atoms with Crippen molar-refractivity contribution in [3.63, 3.8) is 0 Å². The number of hydrogen-bond acceptors (Lipinski definition) is 19. The van der Waals surface area contributed by atoms with Crippen molar-refractivity contribution in [2.24, 2.45) is 45.9 Å². The number of hydrogen-bond donors (Lipinski definition) is 17. The molecule has 0 radical (unpaired) electrons. The number of carbonyl (C=O) groups is 14. The number of rotatable bonds is 31. The van der Waals surface area contributed by atoms with Crippen molar-refractivity contribution in [3.05, 3.63) is 54.1 Å². The maximum absolute atomic E-state index is 14.9. The van der Waals surface area contributed by atoms with Crippen LogP contribution in [0.2, 0.25) is 0 Å². The first kappa shape index (κ1) is 83.4. The summed E-state index contributed by atoms with van der Waals surface area (Å²) in [5, 5.41) is 49.1. The molecule has 20 N–H and O–H groups in total. The van der Waals surface area contributed by atoms with Crippen LogP contribution < -0.4 is 75.7 Å². The number of aliphatic carboxylic acids is 2. The number of aromatic nitrogens is 2. The van der Waals surface area contributed by atoms with E-state index in [4.69, 9.17) is 17.2 Å². The van der Waals surface area contributed by atoms with Gasteiger partial charge in [-0.05, 0) is 80.7 Å². The van der Waals surface area contributed by atoms with E-state index in [1.807, 2.05) is 27.7 Å². The molecule has 1 aromatic carbocycles. The number of aliphatic imine (C=N–C) groups is 1. The molecular weight excluding hydrogens is 1320 g/mol. The van der Waals surface area contributed by atoms with Crippen LogP contribution in [0.1, 0.15) is 150 Å². The van der Waals surface area contributed by atoms with Crippen LogP contribution in [0.5, 0.6) is 0 Å². The third kappa shape index (κ3) is 27.6. The van der Waals surface area contributed by atoms with Gasteiger partial charge in [-0.25, -0.2) is 4.98 Å². The van der Waals surface area contributed by atoms with Crippen molar-refractivity contribution in [2.45, 2.75) is 224 Å². The Morgan fingerprint density at radius 3 is 1.85 bits per heavy atom. The minimum absolute atomic E-state index is 0.00117. The molecule has 0 bridgehead atoms. The molecular formula is C66H103N17O16S. The van der Waals surface area contributed by atoms with Gasteiger partial charge in [-0.3, -0.25) is 72.1 Å². The maximum atomic E-state index is 14.9. The number of carbonyl (C=O) groups excluding carboxylic acids is 12. The number of primary amides is 1. The topological polar surface area (TPSA) is 531 Å². The third-order valence-electron chi connectivity index (χ3n) is 17.5. The molecule has 554 valence electrons. The highest BCUT2D eigenvalue weighted by molar-refractivity contribution is 8.14. The number of amides is 12. The van der Waals surface area contributed by atoms with Gasteiger partial charge in [0.15, 0.2) is 0 Å². The number of benzene rings is 1. The molecule has 33 nitrogen and oxygen atoms in total. The van der Waals surface area contributed by atoms with Crippen LogP contribution in [-0.2, 0) is 80.0 Å². The molecule has 15 atom stereocenters. The molecule has 4 rings (SSSR count). The molecule has 0 aliphatic carbocycles. The van der Waals surface area contributed by atoms with Crippen LogP contribution >= 0.6 is 11.8 Å². The molecule has 3 heterocycles. The van der Waals surface area contributed by atoms with E-state index in [2.05, 4.69) is 73.4 Å². The minimum Gasteiger partial charge on any atom is -0.481 e. The number of nitrogens with two attached hydrogens (primary N) is 3. The van der Waals surface area contributed by atoms with Gasteiger partial charge in [-0.1, -0.05) is 105 Å². The highest BCUT2D eigenvalue weighted by Gasteiger charge is 2.40. The number of thioether (sulfide) groups is 1. The molecule has 34 heteroatoms. The van der Waals surface area contributed by atoms with E-state index >= 15 is 0 Å². The first-order valence-electron chi connectivity index (χ1n) is 34.1. The normalized spacial score (nSPS) is 23.1. The summed E-state index contributed by atoms with van der Waals surface area (Å²) in [6.07, 6.45) is 0.368. The largest absolute Gasteiger partial charge is 0.481 e. The van der Waals surface area contributed by atoms with E-state index in [-0.39, 0.29) is 94.9 Å². The molecule has 0 spiro atoms. The zero-order valence-electron chi connectivity index (χ0n) is 58.2. The Morgan fingerprint density at radius 2 is 1.26 bits per heavy atom. The summed E-state index contributed by atoms with van der Waals surface area (Å²) in [7, 11) is 0. The van der Waals surface area contributed by atoms with Crippen LogP contribution in [0.15, 0.2) is 47.8 Å². The number of nitrogens with one attached hydrogen (secondary N) is 12. The molecule has 0 unspecified atom stereocenters. The lowest BCUT2D eigenvalue weighted by Gasteiger charge is -2.30. The first-order valence-corrected chi connectivity index (χ1v) is 35.1. The summed E-state index contributed by atoms with van der Waals surface area (Å²) in [6.45, 7) is 14.1. The van der Waals surface area contributed by atoms with Crippen LogP contribution in [0, 0.1) is 23.7 Å². The first-order chi connectivity index (χ1) is 47.4. The summed E-state index contributed by atoms with van der Waals surface area (Å²) in [5.74, 6) is -15.4. The monoisotopic (exact) mass is 1420 g/mol. The van der Waals surface area contributed by atoms with E-state index < -0.39 is 193 Å². The summed E-state index contributed by atoms with van der Waals surface area (Å²) in [6, 6.07) is -8.34. The third-order valence-corrected chi connectivity index (χ3v) is 18.6. The van der Waals surface area contributed by atoms with Crippen molar-refractivity contribution in [1.29, 1.82) is 0 Å². The van der Waals surface area contributed by atoms with Crippen molar-refractivity contribution in [1.82, 2.24) is 68.5 Å². The average Bonchev–Trinajstić information content (AvgIpc) is 1.37. The van der Waals surface area contributed by atoms with Gasteiger partial charge >= 0.3 is 11.9 Å². The quantitative estimate of drug-likeness (QED) is 0.0401. The fourth-order valence-corrected chi connectivity index (χ4v) is 12.0. The number of nitrogens with zero attached hydrogens (tertiary/aromatic N) is 2. The summed E-state index contributed by atoms with van der Waals surface area (Å²) >= 11 is 1.35. The second-order valence-corrected chi connectivity index (χ2v) is 27.0. The Balaban J connectivity index is 1.77. The van der Waals surface area contributed by atoms with E-state index in [1.165, 1.54) is 24.3 Å². The van der Waals surface area contributed by atoms with Crippen molar-refractivity contribution in [2.75, 3.05) is 18.8 Å². The predicted molar refractivity (Wildman–Crippen MR) is 369 cm³/mol.